The molecule has 0 aliphatic heterocycles. The predicted octanol–water partition coefficient (Wildman–Crippen LogP) is 2.28. The van der Waals surface area contributed by atoms with Gasteiger partial charge in [-0.25, -0.2) is 0 Å². The first-order valence-corrected chi connectivity index (χ1v) is 4.37. The van der Waals surface area contributed by atoms with Gasteiger partial charge in [0.1, 0.15) is 0 Å². The van der Waals surface area contributed by atoms with Gasteiger partial charge in [-0.3, -0.25) is 0 Å². The first kappa shape index (κ1) is 8.95. The molecule has 1 unspecified atom stereocenters. The molecule has 0 aliphatic carbocycles. The van der Waals surface area contributed by atoms with Gasteiger partial charge < -0.3 is 0 Å². The average Bonchev–Trinajstić information content (AvgIpc) is 1.89. The third-order valence-corrected chi connectivity index (χ3v) is 2.00. The monoisotopic (exact) mass is 147 g/mol. The van der Waals surface area contributed by atoms with E-state index in [1.54, 1.807) is 0 Å². The van der Waals surface area contributed by atoms with Crippen molar-refractivity contribution in [2.75, 3.05) is 11.5 Å². The molecule has 0 aromatic heterocycles. The maximum atomic E-state index is 9.84. The van der Waals surface area contributed by atoms with Crippen LogP contribution in [-0.2, 0) is 0 Å². The lowest BCUT2D eigenvalue weighted by Gasteiger charge is -1.98. The number of hydrogen-bond acceptors (Lipinski definition) is 3. The third kappa shape index (κ3) is 5.83. The fraction of sp³-hybridized carbons (Fsp3) is 1.00. The van der Waals surface area contributed by atoms with Crippen molar-refractivity contribution >= 4 is 11.8 Å². The maximum Gasteiger partial charge on any atom is 0.0899 e. The Kier molecular flexibility index (Phi) is 6.04. The average molecular weight is 147 g/mol. The van der Waals surface area contributed by atoms with Crippen LogP contribution in [0.25, 0.3) is 0 Å². The van der Waals surface area contributed by atoms with Crippen molar-refractivity contribution in [3.63, 3.8) is 0 Å². The molecule has 0 fully saturated rings. The molecule has 0 radical (unpaired) electrons. The Bertz CT molecular complexity index is 77.5. The van der Waals surface area contributed by atoms with Gasteiger partial charge in [0.2, 0.25) is 0 Å². The Morgan fingerprint density at radius 1 is 1.67 bits per heavy atom. The van der Waals surface area contributed by atoms with E-state index in [1.807, 2.05) is 18.7 Å². The number of nitrogens with zero attached hydrogens (tertiary/aromatic N) is 1. The van der Waals surface area contributed by atoms with E-state index in [1.165, 1.54) is 0 Å². The Balaban J connectivity index is 2.96. The van der Waals surface area contributed by atoms with E-state index in [-0.39, 0.29) is 6.04 Å². The van der Waals surface area contributed by atoms with Gasteiger partial charge >= 0.3 is 0 Å². The molecule has 3 heteroatoms. The van der Waals surface area contributed by atoms with Gasteiger partial charge in [-0.1, -0.05) is 12.1 Å². The molecule has 0 rings (SSSR count). The number of hydrogen-bond donors (Lipinski definition) is 0. The van der Waals surface area contributed by atoms with Crippen LogP contribution in [-0.4, -0.2) is 17.5 Å². The highest BCUT2D eigenvalue weighted by atomic mass is 32.2. The van der Waals surface area contributed by atoms with Gasteiger partial charge in [0.05, 0.1) is 6.04 Å². The van der Waals surface area contributed by atoms with Crippen molar-refractivity contribution in [2.45, 2.75) is 26.3 Å². The Morgan fingerprint density at radius 3 is 2.78 bits per heavy atom. The van der Waals surface area contributed by atoms with E-state index in [0.29, 0.717) is 0 Å². The molecular weight excluding hydrogens is 134 g/mol. The molecule has 0 saturated carbocycles. The van der Waals surface area contributed by atoms with E-state index < -0.39 is 0 Å². The third-order valence-electron chi connectivity index (χ3n) is 1.06. The molecule has 0 aromatic carbocycles. The molecule has 54 valence electrons. The van der Waals surface area contributed by atoms with Crippen molar-refractivity contribution in [2.24, 2.45) is 5.18 Å². The van der Waals surface area contributed by atoms with Crippen LogP contribution in [0.15, 0.2) is 5.18 Å². The summed E-state index contributed by atoms with van der Waals surface area (Å²) in [6, 6.07) is 0.00375. The SMILES string of the molecule is CCSCCC(C)N=O. The summed E-state index contributed by atoms with van der Waals surface area (Å²) in [7, 11) is 0. The second kappa shape index (κ2) is 6.08. The highest BCUT2D eigenvalue weighted by Crippen LogP contribution is 2.05. The quantitative estimate of drug-likeness (QED) is 0.441. The molecule has 0 N–H and O–H groups in total. The highest BCUT2D eigenvalue weighted by molar-refractivity contribution is 7.99. The van der Waals surface area contributed by atoms with Gasteiger partial charge in [0.15, 0.2) is 0 Å². The summed E-state index contributed by atoms with van der Waals surface area (Å²) in [6.45, 7) is 3.97. The van der Waals surface area contributed by atoms with Gasteiger partial charge in [-0.05, 0) is 24.9 Å². The van der Waals surface area contributed by atoms with Crippen LogP contribution in [0.1, 0.15) is 20.3 Å². The molecule has 1 atom stereocenters. The molecule has 0 spiro atoms. The van der Waals surface area contributed by atoms with Crippen molar-refractivity contribution in [1.82, 2.24) is 0 Å². The first-order valence-electron chi connectivity index (χ1n) is 3.21. The van der Waals surface area contributed by atoms with Crippen LogP contribution in [0.2, 0.25) is 0 Å². The van der Waals surface area contributed by atoms with E-state index in [9.17, 15) is 4.91 Å². The molecular formula is C6H13NOS. The molecule has 0 saturated heterocycles. The van der Waals surface area contributed by atoms with Crippen LogP contribution in [0.4, 0.5) is 0 Å². The van der Waals surface area contributed by atoms with Gasteiger partial charge in [-0.15, -0.1) is 0 Å². The van der Waals surface area contributed by atoms with E-state index >= 15 is 0 Å². The summed E-state index contributed by atoms with van der Waals surface area (Å²) in [5, 5.41) is 2.90. The second-order valence-electron chi connectivity index (χ2n) is 1.94. The smallest absolute Gasteiger partial charge is 0.0899 e. The zero-order valence-electron chi connectivity index (χ0n) is 5.96. The Labute approximate surface area is 60.4 Å². The maximum absolute atomic E-state index is 9.84. The second-order valence-corrected chi connectivity index (χ2v) is 3.33. The lowest BCUT2D eigenvalue weighted by Crippen LogP contribution is -1.97. The largest absolute Gasteiger partial charge is 0.162 e. The molecule has 0 amide bonds. The highest BCUT2D eigenvalue weighted by Gasteiger charge is 1.97. The summed E-state index contributed by atoms with van der Waals surface area (Å²) in [5.74, 6) is 2.19. The summed E-state index contributed by atoms with van der Waals surface area (Å²) in [4.78, 5) is 9.84. The fourth-order valence-electron chi connectivity index (χ4n) is 0.451. The molecule has 0 aromatic rings. The van der Waals surface area contributed by atoms with E-state index in [0.717, 1.165) is 17.9 Å². The van der Waals surface area contributed by atoms with Crippen LogP contribution >= 0.6 is 11.8 Å². The van der Waals surface area contributed by atoms with Crippen molar-refractivity contribution in [3.8, 4) is 0 Å². The number of nitroso groups, excluding NO2 is 1. The predicted molar refractivity (Wildman–Crippen MR) is 42.9 cm³/mol. The Morgan fingerprint density at radius 2 is 2.33 bits per heavy atom. The lowest BCUT2D eigenvalue weighted by atomic mass is 10.3. The van der Waals surface area contributed by atoms with Crippen molar-refractivity contribution < 1.29 is 0 Å². The van der Waals surface area contributed by atoms with Crippen LogP contribution in [0, 0.1) is 4.91 Å². The molecule has 9 heavy (non-hydrogen) atoms. The number of thioether (sulfide) groups is 1. The number of rotatable bonds is 5. The van der Waals surface area contributed by atoms with Gasteiger partial charge in [0, 0.05) is 0 Å². The molecule has 0 bridgehead atoms. The van der Waals surface area contributed by atoms with E-state index in [2.05, 4.69) is 12.1 Å². The summed E-state index contributed by atoms with van der Waals surface area (Å²) >= 11 is 1.85. The summed E-state index contributed by atoms with van der Waals surface area (Å²) in [5.41, 5.74) is 0. The zero-order valence-corrected chi connectivity index (χ0v) is 6.78. The minimum absolute atomic E-state index is 0.00375. The normalized spacial score (nSPS) is 13.1. The minimum atomic E-state index is 0.00375. The van der Waals surface area contributed by atoms with Crippen molar-refractivity contribution in [3.05, 3.63) is 4.91 Å². The molecule has 0 aliphatic rings. The summed E-state index contributed by atoms with van der Waals surface area (Å²) < 4.78 is 0. The first-order chi connectivity index (χ1) is 4.31. The van der Waals surface area contributed by atoms with Gasteiger partial charge in [-0.2, -0.15) is 16.7 Å². The minimum Gasteiger partial charge on any atom is -0.162 e. The van der Waals surface area contributed by atoms with Gasteiger partial charge in [0.25, 0.3) is 0 Å². The summed E-state index contributed by atoms with van der Waals surface area (Å²) in [6.07, 6.45) is 0.919. The standard InChI is InChI=1S/C6H13NOS/c1-3-9-5-4-6(2)7-8/h6H,3-5H2,1-2H3. The molecule has 2 nitrogen and oxygen atoms in total. The van der Waals surface area contributed by atoms with Crippen LogP contribution in [0.5, 0.6) is 0 Å². The lowest BCUT2D eigenvalue weighted by molar-refractivity contribution is 0.718. The van der Waals surface area contributed by atoms with Crippen molar-refractivity contribution in [1.29, 1.82) is 0 Å². The zero-order chi connectivity index (χ0) is 7.11. The molecule has 0 heterocycles. The Hall–Kier alpha value is -0.0500. The van der Waals surface area contributed by atoms with Crippen LogP contribution < -0.4 is 0 Å². The van der Waals surface area contributed by atoms with E-state index in [4.69, 9.17) is 0 Å². The van der Waals surface area contributed by atoms with Crippen LogP contribution in [0.3, 0.4) is 0 Å². The topological polar surface area (TPSA) is 29.4 Å². The fourth-order valence-corrected chi connectivity index (χ4v) is 1.25.